The lowest BCUT2D eigenvalue weighted by atomic mass is 10.0. The Kier molecular flexibility index (Phi) is 5.50. The number of likely N-dealkylation sites (tertiary alicyclic amines) is 1. The molecule has 0 saturated carbocycles. The van der Waals surface area contributed by atoms with E-state index in [9.17, 15) is 9.59 Å². The van der Waals surface area contributed by atoms with Crippen molar-refractivity contribution in [1.82, 2.24) is 4.90 Å². The van der Waals surface area contributed by atoms with Crippen LogP contribution >= 0.6 is 15.9 Å². The first-order valence-electron chi connectivity index (χ1n) is 9.46. The summed E-state index contributed by atoms with van der Waals surface area (Å²) in [7, 11) is 0. The van der Waals surface area contributed by atoms with Gasteiger partial charge in [-0.3, -0.25) is 9.59 Å². The summed E-state index contributed by atoms with van der Waals surface area (Å²) in [6.07, 6.45) is 2.77. The average Bonchev–Trinajstić information content (AvgIpc) is 3.23. The van der Waals surface area contributed by atoms with Crippen LogP contribution in [-0.2, 0) is 11.2 Å². The van der Waals surface area contributed by atoms with E-state index in [2.05, 4.69) is 15.9 Å². The van der Waals surface area contributed by atoms with Crippen molar-refractivity contribution in [1.29, 1.82) is 0 Å². The third-order valence-corrected chi connectivity index (χ3v) is 5.62. The van der Waals surface area contributed by atoms with Crippen LogP contribution in [0.2, 0.25) is 0 Å². The van der Waals surface area contributed by atoms with Crippen molar-refractivity contribution >= 4 is 38.7 Å². The van der Waals surface area contributed by atoms with Gasteiger partial charge in [-0.15, -0.1) is 0 Å². The molecule has 144 valence electrons. The average molecular weight is 435 g/mol. The highest BCUT2D eigenvalue weighted by Crippen LogP contribution is 2.26. The molecule has 0 bridgehead atoms. The summed E-state index contributed by atoms with van der Waals surface area (Å²) in [6.45, 7) is 4.23. The summed E-state index contributed by atoms with van der Waals surface area (Å²) in [5.41, 5.74) is 1.94. The molecule has 0 N–H and O–H groups in total. The first-order valence-corrected chi connectivity index (χ1v) is 10.6. The Morgan fingerprint density at radius 2 is 1.81 bits per heavy atom. The van der Waals surface area contributed by atoms with Crippen molar-refractivity contribution in [3.05, 3.63) is 39.5 Å². The number of alkyl halides is 1. The second-order valence-electron chi connectivity index (χ2n) is 7.00. The van der Waals surface area contributed by atoms with Crippen molar-refractivity contribution in [2.24, 2.45) is 0 Å². The van der Waals surface area contributed by atoms with Gasteiger partial charge < -0.3 is 19.0 Å². The molecule has 2 saturated heterocycles. The fraction of sp³-hybridized carbons (Fsp3) is 0.500. The number of carbonyl (C=O) groups is 1. The zero-order valence-corrected chi connectivity index (χ0v) is 16.8. The molecule has 4 rings (SSSR count). The lowest BCUT2D eigenvalue weighted by Gasteiger charge is -2.27. The van der Waals surface area contributed by atoms with E-state index in [1.54, 1.807) is 6.07 Å². The van der Waals surface area contributed by atoms with Gasteiger partial charge in [0.15, 0.2) is 11.3 Å². The van der Waals surface area contributed by atoms with Crippen LogP contribution in [0.25, 0.3) is 11.0 Å². The van der Waals surface area contributed by atoms with E-state index in [0.29, 0.717) is 55.1 Å². The van der Waals surface area contributed by atoms with Crippen LogP contribution in [0.4, 0.5) is 5.88 Å². The van der Waals surface area contributed by atoms with Crippen LogP contribution in [0.5, 0.6) is 0 Å². The molecule has 2 aliphatic heterocycles. The fourth-order valence-electron chi connectivity index (χ4n) is 3.77. The fourth-order valence-corrected chi connectivity index (χ4v) is 4.20. The third kappa shape index (κ3) is 3.75. The van der Waals surface area contributed by atoms with E-state index >= 15 is 0 Å². The van der Waals surface area contributed by atoms with Crippen molar-refractivity contribution in [2.45, 2.75) is 19.3 Å². The molecule has 1 amide bonds. The number of nitrogens with zero attached hydrogens (tertiary/aromatic N) is 2. The van der Waals surface area contributed by atoms with Gasteiger partial charge in [0.1, 0.15) is 5.58 Å². The predicted molar refractivity (Wildman–Crippen MR) is 108 cm³/mol. The number of fused-ring (bicyclic) bond motifs is 1. The van der Waals surface area contributed by atoms with Gasteiger partial charge in [0, 0.05) is 43.1 Å². The van der Waals surface area contributed by atoms with Crippen LogP contribution in [0.15, 0.2) is 27.4 Å². The topological polar surface area (TPSA) is 63.0 Å². The highest BCUT2D eigenvalue weighted by molar-refractivity contribution is 9.09. The maximum atomic E-state index is 12.8. The second kappa shape index (κ2) is 8.02. The Hall–Kier alpha value is -1.86. The van der Waals surface area contributed by atoms with Crippen molar-refractivity contribution in [3.63, 3.8) is 0 Å². The molecule has 7 heteroatoms. The zero-order valence-electron chi connectivity index (χ0n) is 15.2. The van der Waals surface area contributed by atoms with E-state index < -0.39 is 0 Å². The highest BCUT2D eigenvalue weighted by Gasteiger charge is 2.23. The number of halogens is 1. The summed E-state index contributed by atoms with van der Waals surface area (Å²) < 4.78 is 11.5. The van der Waals surface area contributed by atoms with Crippen molar-refractivity contribution in [2.75, 3.05) is 49.6 Å². The van der Waals surface area contributed by atoms with Gasteiger partial charge in [-0.25, -0.2) is 0 Å². The molecule has 3 heterocycles. The minimum Gasteiger partial charge on any atom is -0.440 e. The smallest absolute Gasteiger partial charge is 0.253 e. The number of anilines is 1. The van der Waals surface area contributed by atoms with Gasteiger partial charge in [0.25, 0.3) is 5.91 Å². The summed E-state index contributed by atoms with van der Waals surface area (Å²) in [6, 6.07) is 5.12. The maximum Gasteiger partial charge on any atom is 0.253 e. The van der Waals surface area contributed by atoms with Crippen LogP contribution in [0.3, 0.4) is 0 Å². The van der Waals surface area contributed by atoms with Crippen LogP contribution < -0.4 is 10.3 Å². The first-order chi connectivity index (χ1) is 13.2. The van der Waals surface area contributed by atoms with E-state index in [1.165, 1.54) is 6.07 Å². The van der Waals surface area contributed by atoms with E-state index in [4.69, 9.17) is 9.15 Å². The van der Waals surface area contributed by atoms with Gasteiger partial charge in [-0.1, -0.05) is 15.9 Å². The number of hydrogen-bond donors (Lipinski definition) is 0. The van der Waals surface area contributed by atoms with E-state index in [-0.39, 0.29) is 11.3 Å². The third-order valence-electron chi connectivity index (χ3n) is 5.22. The molecule has 2 fully saturated rings. The van der Waals surface area contributed by atoms with Gasteiger partial charge in [0.2, 0.25) is 0 Å². The van der Waals surface area contributed by atoms with E-state index in [0.717, 1.165) is 36.8 Å². The van der Waals surface area contributed by atoms with Crippen LogP contribution in [0.1, 0.15) is 28.8 Å². The minimum absolute atomic E-state index is 0.00174. The monoisotopic (exact) mass is 434 g/mol. The number of carbonyl (C=O) groups excluding carboxylic acids is 1. The van der Waals surface area contributed by atoms with Gasteiger partial charge in [0.05, 0.1) is 18.6 Å². The molecule has 2 aliphatic rings. The number of morpholine rings is 1. The molecule has 0 atom stereocenters. The lowest BCUT2D eigenvalue weighted by molar-refractivity contribution is 0.0793. The SMILES string of the molecule is O=C(c1cc(CCBr)c2oc(N3CCOCC3)cc(=O)c2c1)N1CCCC1. The molecule has 1 aromatic carbocycles. The van der Waals surface area contributed by atoms with Crippen LogP contribution in [0, 0.1) is 0 Å². The Bertz CT molecular complexity index is 899. The highest BCUT2D eigenvalue weighted by atomic mass is 79.9. The number of hydrogen-bond acceptors (Lipinski definition) is 5. The Balaban J connectivity index is 1.79. The zero-order chi connectivity index (χ0) is 18.8. The van der Waals surface area contributed by atoms with Crippen molar-refractivity contribution < 1.29 is 13.9 Å². The molecule has 0 spiro atoms. The summed E-state index contributed by atoms with van der Waals surface area (Å²) in [4.78, 5) is 29.6. The number of ether oxygens (including phenoxy) is 1. The largest absolute Gasteiger partial charge is 0.440 e. The molecule has 6 nitrogen and oxygen atoms in total. The normalized spacial score (nSPS) is 17.7. The number of aryl methyl sites for hydroxylation is 1. The molecule has 0 radical (unpaired) electrons. The molecule has 1 aromatic heterocycles. The van der Waals surface area contributed by atoms with Gasteiger partial charge in [-0.05, 0) is 37.0 Å². The molecule has 0 aliphatic carbocycles. The van der Waals surface area contributed by atoms with Gasteiger partial charge >= 0.3 is 0 Å². The Labute approximate surface area is 166 Å². The summed E-state index contributed by atoms with van der Waals surface area (Å²) >= 11 is 3.47. The van der Waals surface area contributed by atoms with Crippen LogP contribution in [-0.4, -0.2) is 55.5 Å². The molecular weight excluding hydrogens is 412 g/mol. The maximum absolute atomic E-state index is 12.8. The Morgan fingerprint density at radius 3 is 2.52 bits per heavy atom. The molecular formula is C20H23BrN2O4. The van der Waals surface area contributed by atoms with Gasteiger partial charge in [-0.2, -0.15) is 0 Å². The minimum atomic E-state index is -0.107. The molecule has 0 unspecified atom stereocenters. The quantitative estimate of drug-likeness (QED) is 0.692. The second-order valence-corrected chi connectivity index (χ2v) is 7.79. The predicted octanol–water partition coefficient (Wildman–Crippen LogP) is 2.80. The number of amides is 1. The number of benzene rings is 1. The standard InChI is InChI=1S/C20H23BrN2O4/c21-4-3-14-11-15(20(25)23-5-1-2-6-23)12-16-17(24)13-18(27-19(14)16)22-7-9-26-10-8-22/h11-13H,1-10H2. The molecule has 27 heavy (non-hydrogen) atoms. The summed E-state index contributed by atoms with van der Waals surface area (Å²) in [5, 5.41) is 1.21. The van der Waals surface area contributed by atoms with Crippen molar-refractivity contribution in [3.8, 4) is 0 Å². The molecule has 2 aromatic rings. The Morgan fingerprint density at radius 1 is 1.07 bits per heavy atom. The summed E-state index contributed by atoms with van der Waals surface area (Å²) in [5.74, 6) is 0.576. The first kappa shape index (κ1) is 18.5. The van der Waals surface area contributed by atoms with E-state index in [1.807, 2.05) is 15.9 Å². The lowest BCUT2D eigenvalue weighted by Crippen LogP contribution is -2.36. The number of rotatable bonds is 4.